The van der Waals surface area contributed by atoms with E-state index in [1.54, 1.807) is 6.92 Å². The number of rotatable bonds is 7. The van der Waals surface area contributed by atoms with Crippen LogP contribution in [-0.2, 0) is 0 Å². The Labute approximate surface area is 170 Å². The molecule has 1 heterocycles. The van der Waals surface area contributed by atoms with Crippen molar-refractivity contribution in [3.63, 3.8) is 0 Å². The Bertz CT molecular complexity index is 889. The Hall–Kier alpha value is -2.91. The standard InChI is InChI=1S/C23H26N2O4/c1-2-20(27)21-14-19(23(28)25-16-8-10-17(26)11-9-16)22(29-21)18(12-13-24)15-6-4-3-5-7-15/h3-7,14,16-18,26H,2,8-12H2,1H3,(H,25,28)/t16?,17?,18-/m1/s1. The first-order chi connectivity index (χ1) is 14.0. The fourth-order valence-electron chi connectivity index (χ4n) is 3.77. The molecule has 3 rings (SSSR count). The maximum atomic E-state index is 13.1. The minimum absolute atomic E-state index is 0.0230. The van der Waals surface area contributed by atoms with Crippen LogP contribution in [0.15, 0.2) is 40.8 Å². The highest BCUT2D eigenvalue weighted by Gasteiger charge is 2.29. The van der Waals surface area contributed by atoms with Crippen LogP contribution in [0.4, 0.5) is 0 Å². The molecule has 0 aliphatic heterocycles. The van der Waals surface area contributed by atoms with Crippen molar-refractivity contribution in [3.05, 3.63) is 59.0 Å². The molecule has 6 heteroatoms. The molecular formula is C23H26N2O4. The van der Waals surface area contributed by atoms with E-state index >= 15 is 0 Å². The van der Waals surface area contributed by atoms with Crippen LogP contribution in [0.3, 0.4) is 0 Å². The third kappa shape index (κ3) is 4.93. The summed E-state index contributed by atoms with van der Waals surface area (Å²) in [5.41, 5.74) is 1.16. The van der Waals surface area contributed by atoms with E-state index in [0.29, 0.717) is 37.0 Å². The molecule has 0 spiro atoms. The van der Waals surface area contributed by atoms with Gasteiger partial charge in [-0.1, -0.05) is 37.3 Å². The largest absolute Gasteiger partial charge is 0.456 e. The fourth-order valence-corrected chi connectivity index (χ4v) is 3.77. The lowest BCUT2D eigenvalue weighted by Crippen LogP contribution is -2.38. The van der Waals surface area contributed by atoms with Crippen molar-refractivity contribution in [2.45, 2.75) is 63.5 Å². The van der Waals surface area contributed by atoms with Crippen LogP contribution in [0, 0.1) is 11.3 Å². The molecule has 1 saturated carbocycles. The number of carbonyl (C=O) groups excluding carboxylic acids is 2. The number of aliphatic hydroxyl groups excluding tert-OH is 1. The first kappa shape index (κ1) is 20.8. The van der Waals surface area contributed by atoms with Crippen LogP contribution in [0.1, 0.15) is 83.6 Å². The maximum Gasteiger partial charge on any atom is 0.255 e. The number of aliphatic hydroxyl groups is 1. The molecule has 2 N–H and O–H groups in total. The molecule has 1 aromatic heterocycles. The number of benzene rings is 1. The number of nitriles is 1. The molecule has 1 aliphatic rings. The quantitative estimate of drug-likeness (QED) is 0.692. The zero-order valence-electron chi connectivity index (χ0n) is 16.6. The van der Waals surface area contributed by atoms with Crippen molar-refractivity contribution >= 4 is 11.7 Å². The number of Topliss-reactive ketones (excluding diaryl/α,β-unsaturated/α-hetero) is 1. The SMILES string of the molecule is CCC(=O)c1cc(C(=O)NC2CCC(O)CC2)c([C@H](CC#N)c2ccccc2)o1. The first-order valence-corrected chi connectivity index (χ1v) is 10.1. The number of hydrogen-bond donors (Lipinski definition) is 2. The van der Waals surface area contributed by atoms with Crippen molar-refractivity contribution in [3.8, 4) is 6.07 Å². The molecule has 1 amide bonds. The monoisotopic (exact) mass is 394 g/mol. The van der Waals surface area contributed by atoms with Gasteiger partial charge in [-0.15, -0.1) is 0 Å². The highest BCUT2D eigenvalue weighted by Crippen LogP contribution is 2.33. The van der Waals surface area contributed by atoms with E-state index in [0.717, 1.165) is 5.56 Å². The van der Waals surface area contributed by atoms with Gasteiger partial charge in [-0.05, 0) is 31.2 Å². The Kier molecular flexibility index (Phi) is 6.84. The predicted molar refractivity (Wildman–Crippen MR) is 108 cm³/mol. The van der Waals surface area contributed by atoms with Crippen molar-refractivity contribution in [2.75, 3.05) is 0 Å². The van der Waals surface area contributed by atoms with E-state index in [2.05, 4.69) is 11.4 Å². The molecule has 0 unspecified atom stereocenters. The second kappa shape index (κ2) is 9.53. The molecule has 2 aromatic rings. The summed E-state index contributed by atoms with van der Waals surface area (Å²) in [5.74, 6) is -0.434. The Morgan fingerprint density at radius 3 is 2.55 bits per heavy atom. The van der Waals surface area contributed by atoms with Gasteiger partial charge in [0, 0.05) is 24.9 Å². The van der Waals surface area contributed by atoms with Crippen molar-refractivity contribution in [1.82, 2.24) is 5.32 Å². The molecule has 0 saturated heterocycles. The number of nitrogens with one attached hydrogen (secondary N) is 1. The Balaban J connectivity index is 1.94. The number of ketones is 1. The lowest BCUT2D eigenvalue weighted by molar-refractivity contribution is 0.0865. The molecule has 152 valence electrons. The number of nitrogens with zero attached hydrogens (tertiary/aromatic N) is 1. The van der Waals surface area contributed by atoms with Crippen molar-refractivity contribution in [2.24, 2.45) is 0 Å². The van der Waals surface area contributed by atoms with Gasteiger partial charge in [-0.25, -0.2) is 0 Å². The van der Waals surface area contributed by atoms with Gasteiger partial charge in [0.05, 0.1) is 23.7 Å². The molecule has 6 nitrogen and oxygen atoms in total. The Morgan fingerprint density at radius 1 is 1.24 bits per heavy atom. The summed E-state index contributed by atoms with van der Waals surface area (Å²) in [4.78, 5) is 25.3. The van der Waals surface area contributed by atoms with Crippen molar-refractivity contribution in [1.29, 1.82) is 5.26 Å². The summed E-state index contributed by atoms with van der Waals surface area (Å²) in [6.45, 7) is 1.74. The molecule has 1 fully saturated rings. The van der Waals surface area contributed by atoms with Gasteiger partial charge in [0.1, 0.15) is 5.76 Å². The molecule has 29 heavy (non-hydrogen) atoms. The van der Waals surface area contributed by atoms with Gasteiger partial charge < -0.3 is 14.8 Å². The van der Waals surface area contributed by atoms with Crippen LogP contribution >= 0.6 is 0 Å². The average Bonchev–Trinajstić information content (AvgIpc) is 3.19. The fraction of sp³-hybridized carbons (Fsp3) is 0.435. The van der Waals surface area contributed by atoms with Crippen LogP contribution in [-0.4, -0.2) is 28.9 Å². The van der Waals surface area contributed by atoms with Crippen molar-refractivity contribution < 1.29 is 19.1 Å². The minimum Gasteiger partial charge on any atom is -0.456 e. The molecule has 1 aliphatic carbocycles. The summed E-state index contributed by atoms with van der Waals surface area (Å²) in [5, 5.41) is 22.0. The highest BCUT2D eigenvalue weighted by atomic mass is 16.4. The topological polar surface area (TPSA) is 103 Å². The lowest BCUT2D eigenvalue weighted by Gasteiger charge is -2.26. The third-order valence-corrected chi connectivity index (χ3v) is 5.45. The summed E-state index contributed by atoms with van der Waals surface area (Å²) < 4.78 is 5.86. The zero-order valence-corrected chi connectivity index (χ0v) is 16.6. The molecule has 0 bridgehead atoms. The third-order valence-electron chi connectivity index (χ3n) is 5.45. The van der Waals surface area contributed by atoms with Gasteiger partial charge in [-0.2, -0.15) is 5.26 Å². The maximum absolute atomic E-state index is 13.1. The molecule has 0 radical (unpaired) electrons. The van der Waals surface area contributed by atoms with Crippen LogP contribution < -0.4 is 5.32 Å². The van der Waals surface area contributed by atoms with Crippen LogP contribution in [0.25, 0.3) is 0 Å². The van der Waals surface area contributed by atoms with E-state index in [1.165, 1.54) is 6.07 Å². The highest BCUT2D eigenvalue weighted by molar-refractivity contribution is 6.00. The van der Waals surface area contributed by atoms with E-state index in [4.69, 9.17) is 4.42 Å². The summed E-state index contributed by atoms with van der Waals surface area (Å²) in [6, 6.07) is 13.0. The molecule has 1 atom stereocenters. The second-order valence-electron chi connectivity index (χ2n) is 7.47. The van der Waals surface area contributed by atoms with E-state index in [9.17, 15) is 20.0 Å². The van der Waals surface area contributed by atoms with E-state index in [1.807, 2.05) is 30.3 Å². The van der Waals surface area contributed by atoms with E-state index in [-0.39, 0.29) is 42.4 Å². The number of amides is 1. The van der Waals surface area contributed by atoms with Gasteiger partial charge in [0.2, 0.25) is 0 Å². The average molecular weight is 394 g/mol. The lowest BCUT2D eigenvalue weighted by atomic mass is 9.90. The number of furan rings is 1. The smallest absolute Gasteiger partial charge is 0.255 e. The minimum atomic E-state index is -0.437. The summed E-state index contributed by atoms with van der Waals surface area (Å²) in [6.07, 6.45) is 2.82. The van der Waals surface area contributed by atoms with Gasteiger partial charge in [0.25, 0.3) is 5.91 Å². The number of carbonyl (C=O) groups is 2. The molecular weight excluding hydrogens is 368 g/mol. The van der Waals surface area contributed by atoms with Crippen LogP contribution in [0.2, 0.25) is 0 Å². The zero-order chi connectivity index (χ0) is 20.8. The summed E-state index contributed by atoms with van der Waals surface area (Å²) >= 11 is 0. The normalized spacial score (nSPS) is 19.9. The predicted octanol–water partition coefficient (Wildman–Crippen LogP) is 3.95. The van der Waals surface area contributed by atoms with Gasteiger partial charge in [-0.3, -0.25) is 9.59 Å². The second-order valence-corrected chi connectivity index (χ2v) is 7.47. The molecule has 1 aromatic carbocycles. The first-order valence-electron chi connectivity index (χ1n) is 10.1. The van der Waals surface area contributed by atoms with Gasteiger partial charge in [0.15, 0.2) is 11.5 Å². The van der Waals surface area contributed by atoms with Gasteiger partial charge >= 0.3 is 0 Å². The Morgan fingerprint density at radius 2 is 1.93 bits per heavy atom. The number of hydrogen-bond acceptors (Lipinski definition) is 5. The van der Waals surface area contributed by atoms with E-state index < -0.39 is 5.92 Å². The summed E-state index contributed by atoms with van der Waals surface area (Å²) in [7, 11) is 0. The van der Waals surface area contributed by atoms with Crippen LogP contribution in [0.5, 0.6) is 0 Å².